The number of halogens is 1. The SMILES string of the molecule is O=C(O)c1ccncc1NCC1CCOc2cc(Sc3ccc(F)cc3)ccc21. The van der Waals surface area contributed by atoms with Crippen LogP contribution in [0.2, 0.25) is 0 Å². The number of hydrogen-bond acceptors (Lipinski definition) is 5. The van der Waals surface area contributed by atoms with Crippen molar-refractivity contribution < 1.29 is 19.0 Å². The summed E-state index contributed by atoms with van der Waals surface area (Å²) in [6.45, 7) is 1.19. The molecule has 29 heavy (non-hydrogen) atoms. The quantitative estimate of drug-likeness (QED) is 0.593. The summed E-state index contributed by atoms with van der Waals surface area (Å²) in [6.07, 6.45) is 3.85. The molecule has 5 nitrogen and oxygen atoms in total. The van der Waals surface area contributed by atoms with E-state index in [0.717, 1.165) is 27.5 Å². The van der Waals surface area contributed by atoms with E-state index in [1.54, 1.807) is 23.9 Å². The lowest BCUT2D eigenvalue weighted by Crippen LogP contribution is -2.21. The Morgan fingerprint density at radius 3 is 2.79 bits per heavy atom. The number of benzene rings is 2. The number of anilines is 1. The van der Waals surface area contributed by atoms with Crippen molar-refractivity contribution >= 4 is 23.4 Å². The Morgan fingerprint density at radius 2 is 2.00 bits per heavy atom. The molecule has 1 aliphatic rings. The van der Waals surface area contributed by atoms with Gasteiger partial charge in [0, 0.05) is 28.5 Å². The molecule has 0 amide bonds. The highest BCUT2D eigenvalue weighted by Crippen LogP contribution is 2.38. The van der Waals surface area contributed by atoms with Gasteiger partial charge in [0.05, 0.1) is 24.1 Å². The lowest BCUT2D eigenvalue weighted by molar-refractivity contribution is 0.0697. The number of pyridine rings is 1. The Hall–Kier alpha value is -3.06. The fraction of sp³-hybridized carbons (Fsp3) is 0.182. The molecule has 2 N–H and O–H groups in total. The standard InChI is InChI=1S/C22H19FN2O3S/c23-15-1-3-16(4-2-15)29-17-5-6-18-14(8-10-28-21(18)11-17)12-25-20-13-24-9-7-19(20)22(26)27/h1-7,9,11,13-14,25H,8,10,12H2,(H,26,27). The van der Waals surface area contributed by atoms with Gasteiger partial charge >= 0.3 is 5.97 Å². The fourth-order valence-electron chi connectivity index (χ4n) is 3.31. The molecule has 7 heteroatoms. The van der Waals surface area contributed by atoms with E-state index in [2.05, 4.69) is 10.3 Å². The molecule has 0 saturated carbocycles. The van der Waals surface area contributed by atoms with E-state index in [0.29, 0.717) is 18.8 Å². The highest BCUT2D eigenvalue weighted by atomic mass is 32.2. The van der Waals surface area contributed by atoms with Crippen LogP contribution in [-0.4, -0.2) is 29.2 Å². The molecule has 0 aliphatic carbocycles. The highest BCUT2D eigenvalue weighted by Gasteiger charge is 2.22. The number of ether oxygens (including phenoxy) is 1. The summed E-state index contributed by atoms with van der Waals surface area (Å²) < 4.78 is 18.9. The van der Waals surface area contributed by atoms with Gasteiger partial charge in [-0.3, -0.25) is 4.98 Å². The van der Waals surface area contributed by atoms with Gasteiger partial charge in [-0.25, -0.2) is 9.18 Å². The van der Waals surface area contributed by atoms with Crippen LogP contribution in [-0.2, 0) is 0 Å². The topological polar surface area (TPSA) is 71.5 Å². The Morgan fingerprint density at radius 1 is 1.21 bits per heavy atom. The average molecular weight is 410 g/mol. The van der Waals surface area contributed by atoms with Crippen LogP contribution in [0.15, 0.2) is 70.7 Å². The summed E-state index contributed by atoms with van der Waals surface area (Å²) in [7, 11) is 0. The molecule has 2 heterocycles. The zero-order chi connectivity index (χ0) is 20.2. The van der Waals surface area contributed by atoms with Gasteiger partial charge in [0.1, 0.15) is 11.6 Å². The molecule has 0 saturated heterocycles. The molecule has 4 rings (SSSR count). The Bertz CT molecular complexity index is 1030. The molecule has 1 atom stereocenters. The predicted octanol–water partition coefficient (Wildman–Crippen LogP) is 5.05. The summed E-state index contributed by atoms with van der Waals surface area (Å²) in [5.74, 6) is -0.201. The number of nitrogens with one attached hydrogen (secondary N) is 1. The Kier molecular flexibility index (Phi) is 5.67. The van der Waals surface area contributed by atoms with Crippen LogP contribution in [0.1, 0.15) is 28.3 Å². The van der Waals surface area contributed by atoms with Crippen LogP contribution in [0.5, 0.6) is 5.75 Å². The molecule has 1 aliphatic heterocycles. The van der Waals surface area contributed by atoms with Crippen LogP contribution in [0.4, 0.5) is 10.1 Å². The van der Waals surface area contributed by atoms with Gasteiger partial charge in [0.15, 0.2) is 0 Å². The third kappa shape index (κ3) is 4.51. The lowest BCUT2D eigenvalue weighted by atomic mass is 9.93. The molecule has 0 spiro atoms. The first-order chi connectivity index (χ1) is 14.1. The monoisotopic (exact) mass is 410 g/mol. The van der Waals surface area contributed by atoms with Crippen molar-refractivity contribution in [2.24, 2.45) is 0 Å². The third-order valence-electron chi connectivity index (χ3n) is 4.79. The fourth-order valence-corrected chi connectivity index (χ4v) is 4.16. The van der Waals surface area contributed by atoms with E-state index in [9.17, 15) is 14.3 Å². The second kappa shape index (κ2) is 8.53. The van der Waals surface area contributed by atoms with Gasteiger partial charge in [-0.2, -0.15) is 0 Å². The summed E-state index contributed by atoms with van der Waals surface area (Å²) >= 11 is 1.55. The van der Waals surface area contributed by atoms with Crippen molar-refractivity contribution in [3.8, 4) is 5.75 Å². The van der Waals surface area contributed by atoms with Crippen molar-refractivity contribution in [3.63, 3.8) is 0 Å². The van der Waals surface area contributed by atoms with Crippen LogP contribution < -0.4 is 10.1 Å². The number of hydrogen-bond donors (Lipinski definition) is 2. The molecule has 1 unspecified atom stereocenters. The highest BCUT2D eigenvalue weighted by molar-refractivity contribution is 7.99. The number of aromatic carboxylic acids is 1. The van der Waals surface area contributed by atoms with Gasteiger partial charge in [-0.15, -0.1) is 0 Å². The average Bonchev–Trinajstić information content (AvgIpc) is 2.74. The number of fused-ring (bicyclic) bond motifs is 1. The molecule has 0 bridgehead atoms. The number of carbonyl (C=O) groups is 1. The Balaban J connectivity index is 1.48. The van der Waals surface area contributed by atoms with E-state index in [4.69, 9.17) is 4.74 Å². The van der Waals surface area contributed by atoms with E-state index in [1.165, 1.54) is 30.6 Å². The summed E-state index contributed by atoms with van der Waals surface area (Å²) in [5, 5.41) is 12.5. The van der Waals surface area contributed by atoms with Gasteiger partial charge < -0.3 is 15.2 Å². The zero-order valence-electron chi connectivity index (χ0n) is 15.5. The summed E-state index contributed by atoms with van der Waals surface area (Å²) in [4.78, 5) is 17.4. The predicted molar refractivity (Wildman–Crippen MR) is 110 cm³/mol. The minimum atomic E-state index is -0.982. The minimum Gasteiger partial charge on any atom is -0.493 e. The van der Waals surface area contributed by atoms with Crippen molar-refractivity contribution in [2.45, 2.75) is 22.1 Å². The zero-order valence-corrected chi connectivity index (χ0v) is 16.3. The van der Waals surface area contributed by atoms with E-state index >= 15 is 0 Å². The first-order valence-corrected chi connectivity index (χ1v) is 10.0. The molecule has 0 fully saturated rings. The van der Waals surface area contributed by atoms with Gasteiger partial charge in [0.25, 0.3) is 0 Å². The second-order valence-electron chi connectivity index (χ2n) is 6.70. The first kappa shape index (κ1) is 19.3. The van der Waals surface area contributed by atoms with E-state index in [-0.39, 0.29) is 17.3 Å². The molecule has 2 aromatic carbocycles. The second-order valence-corrected chi connectivity index (χ2v) is 7.84. The largest absolute Gasteiger partial charge is 0.493 e. The van der Waals surface area contributed by atoms with Crippen LogP contribution in [0.3, 0.4) is 0 Å². The molecule has 3 aromatic rings. The number of carboxylic acid groups (broad SMARTS) is 1. The van der Waals surface area contributed by atoms with Crippen LogP contribution in [0, 0.1) is 5.82 Å². The van der Waals surface area contributed by atoms with Crippen LogP contribution >= 0.6 is 11.8 Å². The van der Waals surface area contributed by atoms with Crippen molar-refractivity contribution in [2.75, 3.05) is 18.5 Å². The van der Waals surface area contributed by atoms with E-state index < -0.39 is 5.97 Å². The molecular weight excluding hydrogens is 391 g/mol. The smallest absolute Gasteiger partial charge is 0.337 e. The number of rotatable bonds is 6. The van der Waals surface area contributed by atoms with Crippen molar-refractivity contribution in [3.05, 3.63) is 77.9 Å². The maximum Gasteiger partial charge on any atom is 0.337 e. The molecule has 148 valence electrons. The van der Waals surface area contributed by atoms with Gasteiger partial charge in [-0.05, 0) is 54.4 Å². The van der Waals surface area contributed by atoms with E-state index in [1.807, 2.05) is 18.2 Å². The van der Waals surface area contributed by atoms with Crippen molar-refractivity contribution in [1.29, 1.82) is 0 Å². The summed E-state index contributed by atoms with van der Waals surface area (Å²) in [6, 6.07) is 14.0. The summed E-state index contributed by atoms with van der Waals surface area (Å²) in [5.41, 5.74) is 1.81. The normalized spacial score (nSPS) is 15.3. The van der Waals surface area contributed by atoms with Gasteiger partial charge in [-0.1, -0.05) is 17.8 Å². The molecule has 1 aromatic heterocycles. The maximum atomic E-state index is 13.1. The number of nitrogens with zero attached hydrogens (tertiary/aromatic N) is 1. The van der Waals surface area contributed by atoms with Crippen molar-refractivity contribution in [1.82, 2.24) is 4.98 Å². The Labute approximate surface area is 171 Å². The minimum absolute atomic E-state index is 0.200. The first-order valence-electron chi connectivity index (χ1n) is 9.21. The number of carboxylic acids is 1. The molecule has 0 radical (unpaired) electrons. The molecular formula is C22H19FN2O3S. The lowest BCUT2D eigenvalue weighted by Gasteiger charge is -2.27. The van der Waals surface area contributed by atoms with Gasteiger partial charge in [0.2, 0.25) is 0 Å². The van der Waals surface area contributed by atoms with Crippen LogP contribution in [0.25, 0.3) is 0 Å². The number of aromatic nitrogens is 1. The third-order valence-corrected chi connectivity index (χ3v) is 5.79. The maximum absolute atomic E-state index is 13.1.